The molecule has 44 heavy (non-hydrogen) atoms. The number of ether oxygens (including phenoxy) is 4. The van der Waals surface area contributed by atoms with E-state index in [0.717, 1.165) is 30.6 Å². The molecule has 12 heteroatoms. The predicted octanol–water partition coefficient (Wildman–Crippen LogP) is 2.64. The van der Waals surface area contributed by atoms with Crippen molar-refractivity contribution >= 4 is 35.6 Å². The Hall–Kier alpha value is -4.42. The van der Waals surface area contributed by atoms with Crippen molar-refractivity contribution in [2.45, 2.75) is 63.1 Å². The van der Waals surface area contributed by atoms with Crippen LogP contribution in [0.2, 0.25) is 0 Å². The van der Waals surface area contributed by atoms with Gasteiger partial charge in [0.1, 0.15) is 12.2 Å². The van der Waals surface area contributed by atoms with E-state index in [1.165, 1.54) is 48.3 Å². The molecule has 0 unspecified atom stereocenters. The topological polar surface area (TPSA) is 146 Å². The first kappa shape index (κ1) is 28.4. The van der Waals surface area contributed by atoms with E-state index in [1.54, 1.807) is 0 Å². The van der Waals surface area contributed by atoms with Gasteiger partial charge >= 0.3 is 11.9 Å². The number of imide groups is 2. The van der Waals surface area contributed by atoms with Crippen molar-refractivity contribution in [1.29, 1.82) is 0 Å². The van der Waals surface area contributed by atoms with Gasteiger partial charge in [-0.1, -0.05) is 6.92 Å². The minimum atomic E-state index is -0.790. The van der Waals surface area contributed by atoms with Crippen LogP contribution in [0, 0.1) is 5.92 Å². The summed E-state index contributed by atoms with van der Waals surface area (Å²) in [6.07, 6.45) is 0.500. The smallest absolute Gasteiger partial charge is 0.338 e. The molecule has 1 aliphatic carbocycles. The van der Waals surface area contributed by atoms with Crippen LogP contribution in [0.5, 0.6) is 0 Å². The van der Waals surface area contributed by atoms with Crippen molar-refractivity contribution in [3.05, 3.63) is 69.8 Å². The van der Waals surface area contributed by atoms with Crippen molar-refractivity contribution in [3.8, 4) is 0 Å². The van der Waals surface area contributed by atoms with Gasteiger partial charge in [0, 0.05) is 13.1 Å². The average Bonchev–Trinajstić information content (AvgIpc) is 3.73. The van der Waals surface area contributed by atoms with E-state index in [-0.39, 0.29) is 58.5 Å². The lowest BCUT2D eigenvalue weighted by atomic mass is 9.86. The van der Waals surface area contributed by atoms with Crippen LogP contribution in [0.25, 0.3) is 0 Å². The van der Waals surface area contributed by atoms with Crippen LogP contribution < -0.4 is 0 Å². The van der Waals surface area contributed by atoms with E-state index in [1.807, 2.05) is 0 Å². The molecule has 0 aromatic heterocycles. The molecule has 0 radical (unpaired) electrons. The van der Waals surface area contributed by atoms with Gasteiger partial charge in [0.25, 0.3) is 23.6 Å². The highest BCUT2D eigenvalue weighted by atomic mass is 16.7. The first-order valence-electron chi connectivity index (χ1n) is 14.8. The fourth-order valence-electron chi connectivity index (χ4n) is 6.75. The van der Waals surface area contributed by atoms with Crippen molar-refractivity contribution in [1.82, 2.24) is 9.80 Å². The summed E-state index contributed by atoms with van der Waals surface area (Å²) >= 11 is 0. The third kappa shape index (κ3) is 4.51. The Balaban J connectivity index is 0.986. The number of hydrogen-bond donors (Lipinski definition) is 0. The van der Waals surface area contributed by atoms with Gasteiger partial charge in [-0.2, -0.15) is 0 Å². The van der Waals surface area contributed by atoms with Crippen LogP contribution in [0.3, 0.4) is 0 Å². The molecule has 1 saturated carbocycles. The van der Waals surface area contributed by atoms with E-state index >= 15 is 0 Å². The number of carbonyl (C=O) groups excluding carboxylic acids is 6. The lowest BCUT2D eigenvalue weighted by Gasteiger charge is -2.32. The molecule has 3 fully saturated rings. The minimum Gasteiger partial charge on any atom is -0.453 e. The molecule has 7 rings (SSSR count). The van der Waals surface area contributed by atoms with Gasteiger partial charge in [-0.05, 0) is 68.0 Å². The Labute approximate surface area is 252 Å². The molecule has 2 aromatic rings. The van der Waals surface area contributed by atoms with Crippen LogP contribution in [0.4, 0.5) is 0 Å². The van der Waals surface area contributed by atoms with Crippen molar-refractivity contribution in [3.63, 3.8) is 0 Å². The zero-order valence-electron chi connectivity index (χ0n) is 24.1. The maximum atomic E-state index is 13.2. The third-order valence-electron chi connectivity index (χ3n) is 9.31. The highest BCUT2D eigenvalue weighted by Crippen LogP contribution is 2.35. The average molecular weight is 603 g/mol. The lowest BCUT2D eigenvalue weighted by Crippen LogP contribution is -2.41. The molecule has 2 saturated heterocycles. The molecule has 4 heterocycles. The van der Waals surface area contributed by atoms with E-state index in [0.29, 0.717) is 5.92 Å². The summed E-state index contributed by atoms with van der Waals surface area (Å²) in [5, 5.41) is 0. The zero-order chi connectivity index (χ0) is 30.9. The number of carbonyl (C=O) groups is 6. The molecule has 0 N–H and O–H groups in total. The molecule has 12 nitrogen and oxygen atoms in total. The van der Waals surface area contributed by atoms with Crippen LogP contribution in [0.1, 0.15) is 94.8 Å². The van der Waals surface area contributed by atoms with Gasteiger partial charge in [-0.15, -0.1) is 0 Å². The first-order valence-corrected chi connectivity index (χ1v) is 14.8. The van der Waals surface area contributed by atoms with Crippen molar-refractivity contribution < 1.29 is 47.7 Å². The van der Waals surface area contributed by atoms with E-state index in [4.69, 9.17) is 18.9 Å². The summed E-state index contributed by atoms with van der Waals surface area (Å²) in [5.41, 5.74) is 1.05. The fourth-order valence-corrected chi connectivity index (χ4v) is 6.75. The van der Waals surface area contributed by atoms with Crippen LogP contribution in [0.15, 0.2) is 36.4 Å². The maximum absolute atomic E-state index is 13.2. The number of benzene rings is 2. The van der Waals surface area contributed by atoms with Gasteiger partial charge in [-0.3, -0.25) is 29.0 Å². The van der Waals surface area contributed by atoms with Gasteiger partial charge in [0.2, 0.25) is 0 Å². The van der Waals surface area contributed by atoms with Crippen molar-refractivity contribution in [2.75, 3.05) is 20.3 Å². The predicted molar refractivity (Wildman–Crippen MR) is 149 cm³/mol. The maximum Gasteiger partial charge on any atom is 0.338 e. The molecule has 4 atom stereocenters. The van der Waals surface area contributed by atoms with Gasteiger partial charge in [-0.25, -0.2) is 9.59 Å². The molecule has 4 aliphatic heterocycles. The highest BCUT2D eigenvalue weighted by Gasteiger charge is 2.51. The Kier molecular flexibility index (Phi) is 6.85. The minimum absolute atomic E-state index is 0.00541. The van der Waals surface area contributed by atoms with E-state index in [2.05, 4.69) is 6.92 Å². The largest absolute Gasteiger partial charge is 0.453 e. The second kappa shape index (κ2) is 10.6. The van der Waals surface area contributed by atoms with Gasteiger partial charge in [0.05, 0.1) is 46.6 Å². The SMILES string of the molecule is CC1CCC(N2C(=O)c3ccc(C(=O)O[C@@H]4CO[C@H]5[C@@H]4OC[C@@H]5OC(=O)c4ccc5c(c4)C(=O)N(C)C5=O)cc3C2=O)CC1. The Bertz CT molecular complexity index is 1630. The second-order valence-corrected chi connectivity index (χ2v) is 12.1. The lowest BCUT2D eigenvalue weighted by molar-refractivity contribution is -0.0287. The molecule has 0 bridgehead atoms. The Morgan fingerprint density at radius 2 is 1.14 bits per heavy atom. The summed E-state index contributed by atoms with van der Waals surface area (Å²) in [6.45, 7) is 2.18. The normalized spacial score (nSPS) is 29.1. The number of esters is 2. The number of hydrogen-bond acceptors (Lipinski definition) is 10. The molecule has 4 amide bonds. The Morgan fingerprint density at radius 3 is 1.68 bits per heavy atom. The van der Waals surface area contributed by atoms with E-state index < -0.39 is 54.1 Å². The van der Waals surface area contributed by atoms with Crippen LogP contribution in [-0.2, 0) is 18.9 Å². The summed E-state index contributed by atoms with van der Waals surface area (Å²) < 4.78 is 22.9. The summed E-state index contributed by atoms with van der Waals surface area (Å²) in [6, 6.07) is 8.40. The highest BCUT2D eigenvalue weighted by molar-refractivity contribution is 6.22. The van der Waals surface area contributed by atoms with Gasteiger partial charge < -0.3 is 18.9 Å². The van der Waals surface area contributed by atoms with E-state index in [9.17, 15) is 28.8 Å². The second-order valence-electron chi connectivity index (χ2n) is 12.1. The molecular weight excluding hydrogens is 572 g/mol. The third-order valence-corrected chi connectivity index (χ3v) is 9.31. The number of nitrogens with zero attached hydrogens (tertiary/aromatic N) is 2. The van der Waals surface area contributed by atoms with Crippen LogP contribution >= 0.6 is 0 Å². The molecule has 2 aromatic carbocycles. The standard InChI is InChI=1S/C32H30N2O10/c1-15-3-7-18(8-4-15)34-29(37)20-10-6-17(12-22(20)30(34)38)32(40)44-24-14-42-25-23(13-41-26(24)25)43-31(39)16-5-9-19-21(11-16)28(36)33(2)27(19)35/h5-6,9-12,15,18,23-26H,3-4,7-8,13-14H2,1-2H3/t15?,18?,23-,24+,25+,26+/m0/s1. The molecule has 5 aliphatic rings. The summed E-state index contributed by atoms with van der Waals surface area (Å²) in [7, 11) is 1.37. The van der Waals surface area contributed by atoms with Crippen LogP contribution in [-0.4, -0.2) is 96.1 Å². The first-order chi connectivity index (χ1) is 21.1. The number of amides is 4. The molecule has 228 valence electrons. The monoisotopic (exact) mass is 602 g/mol. The van der Waals surface area contributed by atoms with Gasteiger partial charge in [0.15, 0.2) is 12.2 Å². The Morgan fingerprint density at radius 1 is 0.682 bits per heavy atom. The summed E-state index contributed by atoms with van der Waals surface area (Å²) in [5.74, 6) is -2.49. The fraction of sp³-hybridized carbons (Fsp3) is 0.438. The quantitative estimate of drug-likeness (QED) is 0.370. The number of rotatable bonds is 5. The molecular formula is C32H30N2O10. The van der Waals surface area contributed by atoms with Crippen molar-refractivity contribution in [2.24, 2.45) is 5.92 Å². The zero-order valence-corrected chi connectivity index (χ0v) is 24.1. The molecule has 0 spiro atoms. The summed E-state index contributed by atoms with van der Waals surface area (Å²) in [4.78, 5) is 79.1. The number of fused-ring (bicyclic) bond motifs is 3.